The minimum atomic E-state index is -0.497. The van der Waals surface area contributed by atoms with Crippen LogP contribution in [-0.4, -0.2) is 30.4 Å². The van der Waals surface area contributed by atoms with Gasteiger partial charge in [-0.05, 0) is 31.0 Å². The molecule has 0 bridgehead atoms. The fraction of sp³-hybridized carbons (Fsp3) is 0.462. The lowest BCUT2D eigenvalue weighted by molar-refractivity contribution is 0.189. The maximum absolute atomic E-state index is 11.7. The summed E-state index contributed by atoms with van der Waals surface area (Å²) < 4.78 is 5.18. The van der Waals surface area contributed by atoms with Crippen LogP contribution in [0.1, 0.15) is 25.0 Å². The van der Waals surface area contributed by atoms with Gasteiger partial charge in [-0.15, -0.1) is 0 Å². The third-order valence-electron chi connectivity index (χ3n) is 2.92. The maximum Gasteiger partial charge on any atom is 0.319 e. The van der Waals surface area contributed by atoms with E-state index in [1.807, 2.05) is 0 Å². The summed E-state index contributed by atoms with van der Waals surface area (Å²) >= 11 is 0. The molecular weight excluding hydrogens is 232 g/mol. The summed E-state index contributed by atoms with van der Waals surface area (Å²) in [6.45, 7) is 2.98. The van der Waals surface area contributed by atoms with Crippen LogP contribution in [-0.2, 0) is 4.74 Å². The van der Waals surface area contributed by atoms with Crippen molar-refractivity contribution in [2.75, 3.05) is 18.5 Å². The molecule has 2 rings (SSSR count). The Balaban J connectivity index is 1.86. The predicted octanol–water partition coefficient (Wildman–Crippen LogP) is 1.65. The molecule has 2 amide bonds. The van der Waals surface area contributed by atoms with Gasteiger partial charge in [-0.25, -0.2) is 4.79 Å². The zero-order chi connectivity index (χ0) is 13.0. The highest BCUT2D eigenvalue weighted by Crippen LogP contribution is 2.15. The lowest BCUT2D eigenvalue weighted by Gasteiger charge is -2.12. The van der Waals surface area contributed by atoms with Crippen LogP contribution in [0.25, 0.3) is 0 Å². The molecule has 1 aromatic rings. The van der Waals surface area contributed by atoms with E-state index < -0.39 is 6.10 Å². The highest BCUT2D eigenvalue weighted by Gasteiger charge is 2.17. The topological polar surface area (TPSA) is 70.6 Å². The molecule has 1 aromatic carbocycles. The van der Waals surface area contributed by atoms with Gasteiger partial charge in [-0.3, -0.25) is 0 Å². The molecule has 0 aromatic heterocycles. The number of urea groups is 1. The Labute approximate surface area is 106 Å². The van der Waals surface area contributed by atoms with Gasteiger partial charge >= 0.3 is 6.03 Å². The van der Waals surface area contributed by atoms with Crippen LogP contribution >= 0.6 is 0 Å². The van der Waals surface area contributed by atoms with Gasteiger partial charge in [0, 0.05) is 12.3 Å². The lowest BCUT2D eigenvalue weighted by Crippen LogP contribution is -2.38. The van der Waals surface area contributed by atoms with E-state index in [1.165, 1.54) is 0 Å². The number of aliphatic hydroxyl groups is 1. The third-order valence-corrected chi connectivity index (χ3v) is 2.92. The second-order valence-corrected chi connectivity index (χ2v) is 4.46. The van der Waals surface area contributed by atoms with Gasteiger partial charge in [0.1, 0.15) is 0 Å². The third kappa shape index (κ3) is 3.45. The van der Waals surface area contributed by atoms with E-state index in [-0.39, 0.29) is 12.1 Å². The molecule has 5 heteroatoms. The molecule has 0 aliphatic carbocycles. The van der Waals surface area contributed by atoms with Crippen LogP contribution < -0.4 is 10.6 Å². The number of carbonyl (C=O) groups is 1. The fourth-order valence-electron chi connectivity index (χ4n) is 1.85. The first-order chi connectivity index (χ1) is 8.65. The van der Waals surface area contributed by atoms with Crippen molar-refractivity contribution in [1.82, 2.24) is 5.32 Å². The average molecular weight is 250 g/mol. The molecule has 0 spiro atoms. The number of hydrogen-bond donors (Lipinski definition) is 3. The number of amides is 2. The standard InChI is InChI=1S/C13H18N2O3/c1-9(16)10-2-4-11(5-3-10)14-13(17)15-12-6-7-18-8-12/h2-5,9,12,16H,6-8H2,1H3,(H2,14,15,17). The highest BCUT2D eigenvalue weighted by atomic mass is 16.5. The number of carbonyl (C=O) groups excluding carboxylic acids is 1. The number of hydrogen-bond acceptors (Lipinski definition) is 3. The van der Waals surface area contributed by atoms with E-state index in [4.69, 9.17) is 4.74 Å². The van der Waals surface area contributed by atoms with Crippen LogP contribution in [0.3, 0.4) is 0 Å². The molecule has 3 N–H and O–H groups in total. The van der Waals surface area contributed by atoms with Gasteiger partial charge in [0.25, 0.3) is 0 Å². The molecule has 0 radical (unpaired) electrons. The van der Waals surface area contributed by atoms with Crippen LogP contribution in [0.4, 0.5) is 10.5 Å². The van der Waals surface area contributed by atoms with Crippen LogP contribution in [0.2, 0.25) is 0 Å². The number of rotatable bonds is 3. The van der Waals surface area contributed by atoms with Crippen LogP contribution in [0.5, 0.6) is 0 Å². The maximum atomic E-state index is 11.7. The van der Waals surface area contributed by atoms with Crippen molar-refractivity contribution in [3.63, 3.8) is 0 Å². The average Bonchev–Trinajstić information content (AvgIpc) is 2.82. The summed E-state index contributed by atoms with van der Waals surface area (Å²) in [6, 6.07) is 6.99. The van der Waals surface area contributed by atoms with Crippen LogP contribution in [0.15, 0.2) is 24.3 Å². The molecule has 1 fully saturated rings. The second-order valence-electron chi connectivity index (χ2n) is 4.46. The zero-order valence-electron chi connectivity index (χ0n) is 10.3. The minimum absolute atomic E-state index is 0.0988. The normalized spacial score (nSPS) is 20.4. The molecule has 98 valence electrons. The minimum Gasteiger partial charge on any atom is -0.389 e. The SMILES string of the molecule is CC(O)c1ccc(NC(=O)NC2CCOC2)cc1. The molecular formula is C13H18N2O3. The first-order valence-corrected chi connectivity index (χ1v) is 6.08. The number of benzene rings is 1. The monoisotopic (exact) mass is 250 g/mol. The first-order valence-electron chi connectivity index (χ1n) is 6.08. The van der Waals surface area contributed by atoms with E-state index in [1.54, 1.807) is 31.2 Å². The van der Waals surface area contributed by atoms with E-state index >= 15 is 0 Å². The smallest absolute Gasteiger partial charge is 0.319 e. The summed E-state index contributed by atoms with van der Waals surface area (Å²) in [7, 11) is 0. The number of ether oxygens (including phenoxy) is 1. The van der Waals surface area contributed by atoms with E-state index in [9.17, 15) is 9.90 Å². The van der Waals surface area contributed by atoms with E-state index in [0.717, 1.165) is 12.0 Å². The van der Waals surface area contributed by atoms with Gasteiger partial charge in [-0.1, -0.05) is 12.1 Å². The van der Waals surface area contributed by atoms with Crippen LogP contribution in [0, 0.1) is 0 Å². The Morgan fingerprint density at radius 3 is 2.72 bits per heavy atom. The largest absolute Gasteiger partial charge is 0.389 e. The van der Waals surface area contributed by atoms with Gasteiger partial charge in [0.15, 0.2) is 0 Å². The summed E-state index contributed by atoms with van der Waals surface area (Å²) in [4.78, 5) is 11.7. The first kappa shape index (κ1) is 12.9. The molecule has 2 atom stereocenters. The van der Waals surface area contributed by atoms with Gasteiger partial charge in [0.2, 0.25) is 0 Å². The quantitative estimate of drug-likeness (QED) is 0.764. The summed E-state index contributed by atoms with van der Waals surface area (Å²) in [5.41, 5.74) is 1.53. The summed E-state index contributed by atoms with van der Waals surface area (Å²) in [5.74, 6) is 0. The Morgan fingerprint density at radius 2 is 2.17 bits per heavy atom. The molecule has 1 aliphatic rings. The van der Waals surface area contributed by atoms with Crippen molar-refractivity contribution < 1.29 is 14.6 Å². The Hall–Kier alpha value is -1.59. The van der Waals surface area contributed by atoms with Crippen molar-refractivity contribution in [3.05, 3.63) is 29.8 Å². The molecule has 2 unspecified atom stereocenters. The Morgan fingerprint density at radius 1 is 1.44 bits per heavy atom. The van der Waals surface area contributed by atoms with Crippen molar-refractivity contribution in [3.8, 4) is 0 Å². The van der Waals surface area contributed by atoms with Gasteiger partial charge in [0.05, 0.1) is 18.8 Å². The van der Waals surface area contributed by atoms with E-state index in [2.05, 4.69) is 10.6 Å². The molecule has 0 saturated carbocycles. The van der Waals surface area contributed by atoms with Crippen molar-refractivity contribution in [2.24, 2.45) is 0 Å². The Bertz CT molecular complexity index is 397. The van der Waals surface area contributed by atoms with Crippen molar-refractivity contribution in [1.29, 1.82) is 0 Å². The molecule has 1 aliphatic heterocycles. The lowest BCUT2D eigenvalue weighted by atomic mass is 10.1. The van der Waals surface area contributed by atoms with Crippen molar-refractivity contribution >= 4 is 11.7 Å². The molecule has 1 heterocycles. The highest BCUT2D eigenvalue weighted by molar-refractivity contribution is 5.89. The fourth-order valence-corrected chi connectivity index (χ4v) is 1.85. The summed E-state index contributed by atoms with van der Waals surface area (Å²) in [5, 5.41) is 15.0. The second kappa shape index (κ2) is 5.84. The van der Waals surface area contributed by atoms with Crippen molar-refractivity contribution in [2.45, 2.75) is 25.5 Å². The zero-order valence-corrected chi connectivity index (χ0v) is 10.3. The number of aliphatic hydroxyl groups excluding tert-OH is 1. The van der Waals surface area contributed by atoms with E-state index in [0.29, 0.717) is 18.9 Å². The Kier molecular flexibility index (Phi) is 4.17. The van der Waals surface area contributed by atoms with Gasteiger partial charge < -0.3 is 20.5 Å². The number of anilines is 1. The molecule has 5 nitrogen and oxygen atoms in total. The number of nitrogens with one attached hydrogen (secondary N) is 2. The molecule has 1 saturated heterocycles. The molecule has 18 heavy (non-hydrogen) atoms. The summed E-state index contributed by atoms with van der Waals surface area (Å²) in [6.07, 6.45) is 0.359. The van der Waals surface area contributed by atoms with Gasteiger partial charge in [-0.2, -0.15) is 0 Å². The predicted molar refractivity (Wildman–Crippen MR) is 68.5 cm³/mol.